The molecule has 0 fully saturated rings. The van der Waals surface area contributed by atoms with Gasteiger partial charge in [-0.05, 0) is 36.2 Å². The average Bonchev–Trinajstić information content (AvgIpc) is 2.90. The molecule has 2 aromatic heterocycles. The van der Waals surface area contributed by atoms with Gasteiger partial charge in [-0.15, -0.1) is 0 Å². The lowest BCUT2D eigenvalue weighted by Crippen LogP contribution is -2.06. The Morgan fingerprint density at radius 2 is 2.00 bits per heavy atom. The largest absolute Gasteiger partial charge is 0.508 e. The quantitative estimate of drug-likeness (QED) is 0.748. The second kappa shape index (κ2) is 4.97. The maximum Gasteiger partial charge on any atom is 0.178 e. The van der Waals surface area contributed by atoms with E-state index in [0.717, 1.165) is 24.3 Å². The van der Waals surface area contributed by atoms with E-state index in [1.165, 1.54) is 5.56 Å². The molecule has 0 aliphatic heterocycles. The minimum Gasteiger partial charge on any atom is -0.508 e. The van der Waals surface area contributed by atoms with Crippen molar-refractivity contribution in [2.45, 2.75) is 6.42 Å². The third-order valence-electron chi connectivity index (χ3n) is 2.97. The first-order valence-corrected chi connectivity index (χ1v) is 6.13. The summed E-state index contributed by atoms with van der Waals surface area (Å²) < 4.78 is 1.74. The molecule has 2 heterocycles. The number of aromatic nitrogens is 3. The number of nitrogens with one attached hydrogen (secondary N) is 1. The van der Waals surface area contributed by atoms with Crippen LogP contribution in [-0.2, 0) is 6.42 Å². The summed E-state index contributed by atoms with van der Waals surface area (Å²) >= 11 is 0. The van der Waals surface area contributed by atoms with E-state index in [0.29, 0.717) is 5.75 Å². The topological polar surface area (TPSA) is 62.5 Å². The monoisotopic (exact) mass is 254 g/mol. The smallest absolute Gasteiger partial charge is 0.178 e. The van der Waals surface area contributed by atoms with Crippen LogP contribution in [0.5, 0.6) is 5.75 Å². The molecule has 0 unspecified atom stereocenters. The number of benzene rings is 1. The molecule has 0 atom stereocenters. The van der Waals surface area contributed by atoms with Crippen molar-refractivity contribution >= 4 is 11.3 Å². The van der Waals surface area contributed by atoms with Crippen molar-refractivity contribution in [2.24, 2.45) is 0 Å². The first kappa shape index (κ1) is 11.5. The van der Waals surface area contributed by atoms with Gasteiger partial charge in [-0.1, -0.05) is 12.1 Å². The first-order chi connectivity index (χ1) is 9.33. The number of aromatic hydroxyl groups is 1. The highest BCUT2D eigenvalue weighted by Gasteiger charge is 2.02. The molecule has 0 saturated heterocycles. The standard InChI is InChI=1S/C14H14N4O/c19-12-5-3-11(4-6-12)7-8-15-13-2-1-9-18-14(13)16-10-17-18/h1-6,9-10,15,19H,7-8H2. The van der Waals surface area contributed by atoms with Gasteiger partial charge in [0.1, 0.15) is 12.1 Å². The summed E-state index contributed by atoms with van der Waals surface area (Å²) in [5, 5.41) is 16.7. The van der Waals surface area contributed by atoms with Crippen molar-refractivity contribution in [3.63, 3.8) is 0 Å². The lowest BCUT2D eigenvalue weighted by Gasteiger charge is -2.07. The second-order valence-electron chi connectivity index (χ2n) is 4.29. The Balaban J connectivity index is 1.66. The fourth-order valence-electron chi connectivity index (χ4n) is 1.99. The molecule has 2 N–H and O–H groups in total. The highest BCUT2D eigenvalue weighted by atomic mass is 16.3. The molecule has 19 heavy (non-hydrogen) atoms. The molecule has 0 spiro atoms. The Kier molecular flexibility index (Phi) is 3.02. The number of pyridine rings is 1. The molecule has 3 rings (SSSR count). The van der Waals surface area contributed by atoms with Gasteiger partial charge in [-0.2, -0.15) is 5.10 Å². The van der Waals surface area contributed by atoms with Gasteiger partial charge in [-0.3, -0.25) is 0 Å². The second-order valence-corrected chi connectivity index (χ2v) is 4.29. The van der Waals surface area contributed by atoms with Gasteiger partial charge in [0, 0.05) is 12.7 Å². The molecule has 0 amide bonds. The van der Waals surface area contributed by atoms with Crippen LogP contribution in [0, 0.1) is 0 Å². The van der Waals surface area contributed by atoms with Crippen molar-refractivity contribution in [3.05, 3.63) is 54.5 Å². The lowest BCUT2D eigenvalue weighted by atomic mass is 10.1. The van der Waals surface area contributed by atoms with Crippen LogP contribution in [0.15, 0.2) is 48.9 Å². The van der Waals surface area contributed by atoms with Crippen LogP contribution in [0.3, 0.4) is 0 Å². The number of fused-ring (bicyclic) bond motifs is 1. The average molecular weight is 254 g/mol. The van der Waals surface area contributed by atoms with Crippen LogP contribution in [0.4, 0.5) is 5.69 Å². The number of rotatable bonds is 4. The zero-order valence-electron chi connectivity index (χ0n) is 10.3. The summed E-state index contributed by atoms with van der Waals surface area (Å²) in [5.74, 6) is 0.296. The summed E-state index contributed by atoms with van der Waals surface area (Å²) in [6, 6.07) is 11.2. The van der Waals surface area contributed by atoms with E-state index in [1.807, 2.05) is 30.5 Å². The molecule has 96 valence electrons. The molecular formula is C14H14N4O. The number of nitrogens with zero attached hydrogens (tertiary/aromatic N) is 3. The molecule has 0 aliphatic carbocycles. The number of hydrogen-bond acceptors (Lipinski definition) is 4. The maximum absolute atomic E-state index is 9.22. The zero-order chi connectivity index (χ0) is 13.1. The van der Waals surface area contributed by atoms with Crippen molar-refractivity contribution in [1.29, 1.82) is 0 Å². The number of phenols is 1. The molecule has 0 radical (unpaired) electrons. The minimum atomic E-state index is 0.296. The highest BCUT2D eigenvalue weighted by Crippen LogP contribution is 2.14. The van der Waals surface area contributed by atoms with E-state index < -0.39 is 0 Å². The van der Waals surface area contributed by atoms with E-state index in [2.05, 4.69) is 15.4 Å². The van der Waals surface area contributed by atoms with E-state index in [9.17, 15) is 5.11 Å². The van der Waals surface area contributed by atoms with Crippen LogP contribution < -0.4 is 5.32 Å². The van der Waals surface area contributed by atoms with E-state index in [4.69, 9.17) is 0 Å². The van der Waals surface area contributed by atoms with Gasteiger partial charge in [0.25, 0.3) is 0 Å². The fraction of sp³-hybridized carbons (Fsp3) is 0.143. The lowest BCUT2D eigenvalue weighted by molar-refractivity contribution is 0.475. The fourth-order valence-corrected chi connectivity index (χ4v) is 1.99. The van der Waals surface area contributed by atoms with Crippen molar-refractivity contribution in [1.82, 2.24) is 14.6 Å². The van der Waals surface area contributed by atoms with Gasteiger partial charge in [0.05, 0.1) is 5.69 Å². The van der Waals surface area contributed by atoms with Gasteiger partial charge >= 0.3 is 0 Å². The Bertz CT molecular complexity index is 675. The van der Waals surface area contributed by atoms with E-state index in [-0.39, 0.29) is 0 Å². The van der Waals surface area contributed by atoms with Crippen molar-refractivity contribution in [2.75, 3.05) is 11.9 Å². The summed E-state index contributed by atoms with van der Waals surface area (Å²) in [4.78, 5) is 4.21. The van der Waals surface area contributed by atoms with Gasteiger partial charge in [-0.25, -0.2) is 9.50 Å². The normalized spacial score (nSPS) is 10.7. The summed E-state index contributed by atoms with van der Waals surface area (Å²) in [7, 11) is 0. The molecule has 0 saturated carbocycles. The van der Waals surface area contributed by atoms with Gasteiger partial charge in [0.15, 0.2) is 5.65 Å². The molecule has 1 aromatic carbocycles. The molecular weight excluding hydrogens is 240 g/mol. The Labute approximate surface area is 110 Å². The van der Waals surface area contributed by atoms with Crippen molar-refractivity contribution < 1.29 is 5.11 Å². The molecule has 5 nitrogen and oxygen atoms in total. The Hall–Kier alpha value is -2.56. The Morgan fingerprint density at radius 1 is 1.16 bits per heavy atom. The van der Waals surface area contributed by atoms with E-state index >= 15 is 0 Å². The number of hydrogen-bond donors (Lipinski definition) is 2. The van der Waals surface area contributed by atoms with Crippen LogP contribution in [-0.4, -0.2) is 26.2 Å². The summed E-state index contributed by atoms with van der Waals surface area (Å²) in [6.07, 6.45) is 4.30. The molecule has 0 bridgehead atoms. The molecule has 0 aliphatic rings. The van der Waals surface area contributed by atoms with Crippen LogP contribution >= 0.6 is 0 Å². The highest BCUT2D eigenvalue weighted by molar-refractivity contribution is 5.66. The van der Waals surface area contributed by atoms with Crippen LogP contribution in [0.25, 0.3) is 5.65 Å². The predicted octanol–water partition coefficient (Wildman–Crippen LogP) is 2.09. The van der Waals surface area contributed by atoms with E-state index in [1.54, 1.807) is 23.0 Å². The first-order valence-electron chi connectivity index (χ1n) is 6.13. The zero-order valence-corrected chi connectivity index (χ0v) is 10.3. The summed E-state index contributed by atoms with van der Waals surface area (Å²) in [6.45, 7) is 0.803. The third kappa shape index (κ3) is 2.49. The SMILES string of the molecule is Oc1ccc(CCNc2cccn3ncnc23)cc1. The van der Waals surface area contributed by atoms with Crippen LogP contribution in [0.1, 0.15) is 5.56 Å². The molecule has 5 heteroatoms. The third-order valence-corrected chi connectivity index (χ3v) is 2.97. The van der Waals surface area contributed by atoms with Gasteiger partial charge in [0.2, 0.25) is 0 Å². The minimum absolute atomic E-state index is 0.296. The summed E-state index contributed by atoms with van der Waals surface area (Å²) in [5.41, 5.74) is 2.98. The van der Waals surface area contributed by atoms with Gasteiger partial charge < -0.3 is 10.4 Å². The van der Waals surface area contributed by atoms with Crippen molar-refractivity contribution in [3.8, 4) is 5.75 Å². The number of anilines is 1. The Morgan fingerprint density at radius 3 is 2.84 bits per heavy atom. The predicted molar refractivity (Wildman–Crippen MR) is 73.3 cm³/mol. The molecule has 3 aromatic rings. The number of phenolic OH excluding ortho intramolecular Hbond substituents is 1. The van der Waals surface area contributed by atoms with Crippen LogP contribution in [0.2, 0.25) is 0 Å². The maximum atomic E-state index is 9.22.